The van der Waals surface area contributed by atoms with Gasteiger partial charge in [-0.05, 0) is 54.4 Å². The fraction of sp³-hybridized carbons (Fsp3) is 0.286. The molecule has 0 fully saturated rings. The number of amides is 2. The molecule has 1 N–H and O–H groups in total. The predicted octanol–water partition coefficient (Wildman–Crippen LogP) is 3.35. The molecule has 208 valence electrons. The number of anilines is 1. The highest BCUT2D eigenvalue weighted by atomic mass is 32.2. The van der Waals surface area contributed by atoms with Crippen LogP contribution in [0.3, 0.4) is 0 Å². The zero-order chi connectivity index (χ0) is 28.6. The third-order valence-corrected chi connectivity index (χ3v) is 7.84. The van der Waals surface area contributed by atoms with Crippen LogP contribution in [0.2, 0.25) is 0 Å². The number of benzene rings is 3. The molecule has 0 aromatic heterocycles. The Hall–Kier alpha value is -3.83. The highest BCUT2D eigenvalue weighted by molar-refractivity contribution is 7.90. The lowest BCUT2D eigenvalue weighted by Crippen LogP contribution is -2.54. The summed E-state index contributed by atoms with van der Waals surface area (Å²) in [6, 6.07) is 18.3. The number of hydrogen-bond acceptors (Lipinski definition) is 4. The van der Waals surface area contributed by atoms with Crippen molar-refractivity contribution < 1.29 is 26.8 Å². The van der Waals surface area contributed by atoms with Crippen molar-refractivity contribution in [2.45, 2.75) is 25.9 Å². The largest absolute Gasteiger partial charge is 0.355 e. The number of hydrogen-bond donors (Lipinski definition) is 1. The Kier molecular flexibility index (Phi) is 10.1. The Morgan fingerprint density at radius 3 is 1.95 bits per heavy atom. The first-order chi connectivity index (χ1) is 18.5. The Morgan fingerprint density at radius 1 is 0.846 bits per heavy atom. The fourth-order valence-corrected chi connectivity index (χ4v) is 5.01. The van der Waals surface area contributed by atoms with E-state index in [1.165, 1.54) is 55.4 Å². The number of nitrogens with one attached hydrogen (secondary N) is 1. The van der Waals surface area contributed by atoms with E-state index in [-0.39, 0.29) is 18.7 Å². The molecule has 8 nitrogen and oxygen atoms in total. The Labute approximate surface area is 228 Å². The number of carbonyl (C=O) groups is 2. The van der Waals surface area contributed by atoms with Crippen LogP contribution in [-0.2, 0) is 32.8 Å². The molecular weight excluding hydrogens is 526 g/mol. The van der Waals surface area contributed by atoms with E-state index in [9.17, 15) is 26.8 Å². The van der Waals surface area contributed by atoms with Gasteiger partial charge in [0.2, 0.25) is 11.8 Å². The van der Waals surface area contributed by atoms with Gasteiger partial charge in [-0.1, -0.05) is 42.5 Å². The molecule has 3 aromatic carbocycles. The van der Waals surface area contributed by atoms with Crippen molar-refractivity contribution in [1.29, 1.82) is 0 Å². The number of halogens is 2. The lowest BCUT2D eigenvalue weighted by molar-refractivity contribution is -0.140. The van der Waals surface area contributed by atoms with Crippen molar-refractivity contribution in [3.63, 3.8) is 0 Å². The van der Waals surface area contributed by atoms with E-state index >= 15 is 0 Å². The molecular formula is C28H32F2N4O4S. The summed E-state index contributed by atoms with van der Waals surface area (Å²) in [5.41, 5.74) is 1.43. The van der Waals surface area contributed by atoms with Crippen molar-refractivity contribution in [1.82, 2.24) is 14.5 Å². The molecule has 0 bridgehead atoms. The van der Waals surface area contributed by atoms with E-state index in [4.69, 9.17) is 0 Å². The molecule has 0 unspecified atom stereocenters. The van der Waals surface area contributed by atoms with Crippen LogP contribution in [-0.4, -0.2) is 62.7 Å². The minimum atomic E-state index is -4.18. The number of rotatable bonds is 12. The first kappa shape index (κ1) is 29.7. The molecule has 39 heavy (non-hydrogen) atoms. The van der Waals surface area contributed by atoms with E-state index in [1.54, 1.807) is 6.92 Å². The average Bonchev–Trinajstić information content (AvgIpc) is 2.91. The summed E-state index contributed by atoms with van der Waals surface area (Å²) in [5, 5.41) is 2.76. The second-order valence-electron chi connectivity index (χ2n) is 9.02. The van der Waals surface area contributed by atoms with Gasteiger partial charge >= 0.3 is 10.2 Å². The lowest BCUT2D eigenvalue weighted by Gasteiger charge is -2.34. The highest BCUT2D eigenvalue weighted by Crippen LogP contribution is 2.22. The van der Waals surface area contributed by atoms with Gasteiger partial charge in [-0.25, -0.2) is 13.1 Å². The van der Waals surface area contributed by atoms with Gasteiger partial charge in [0.25, 0.3) is 0 Å². The van der Waals surface area contributed by atoms with E-state index in [0.29, 0.717) is 12.1 Å². The topological polar surface area (TPSA) is 90.0 Å². The quantitative estimate of drug-likeness (QED) is 0.369. The second kappa shape index (κ2) is 13.3. The molecule has 0 aliphatic carbocycles. The van der Waals surface area contributed by atoms with Crippen LogP contribution in [0, 0.1) is 11.6 Å². The van der Waals surface area contributed by atoms with Gasteiger partial charge in [-0.2, -0.15) is 12.7 Å². The summed E-state index contributed by atoms with van der Waals surface area (Å²) in [5.74, 6) is -2.10. The zero-order valence-electron chi connectivity index (χ0n) is 22.1. The summed E-state index contributed by atoms with van der Waals surface area (Å²) in [6.45, 7) is 1.34. The molecule has 0 radical (unpaired) electrons. The molecule has 2 amide bonds. The standard InChI is InChI=1S/C28H32F2N4O4S/c1-4-31-28(36)26(18-21-8-6-5-7-9-21)33(19-22-10-12-23(29)13-11-22)27(35)20-34(39(37,38)32(2)3)25-16-14-24(30)15-17-25/h5-17,26H,4,18-20H2,1-3H3,(H,31,36)/t26-/m1/s1. The van der Waals surface area contributed by atoms with Crippen molar-refractivity contribution in [2.75, 3.05) is 31.5 Å². The zero-order valence-corrected chi connectivity index (χ0v) is 22.9. The van der Waals surface area contributed by atoms with Crippen LogP contribution < -0.4 is 9.62 Å². The first-order valence-electron chi connectivity index (χ1n) is 12.3. The van der Waals surface area contributed by atoms with Crippen LogP contribution in [0.1, 0.15) is 18.1 Å². The molecule has 0 aliphatic heterocycles. The summed E-state index contributed by atoms with van der Waals surface area (Å²) < 4.78 is 55.5. The van der Waals surface area contributed by atoms with Crippen LogP contribution >= 0.6 is 0 Å². The van der Waals surface area contributed by atoms with Gasteiger partial charge in [0.1, 0.15) is 24.2 Å². The van der Waals surface area contributed by atoms with E-state index in [1.807, 2.05) is 30.3 Å². The maximum absolute atomic E-state index is 13.9. The van der Waals surface area contributed by atoms with Crippen molar-refractivity contribution in [2.24, 2.45) is 0 Å². The van der Waals surface area contributed by atoms with Crippen molar-refractivity contribution >= 4 is 27.7 Å². The number of carbonyl (C=O) groups excluding carboxylic acids is 2. The van der Waals surface area contributed by atoms with E-state index < -0.39 is 46.2 Å². The minimum Gasteiger partial charge on any atom is -0.355 e. The molecule has 0 spiro atoms. The third-order valence-electron chi connectivity index (χ3n) is 6.02. The summed E-state index contributed by atoms with van der Waals surface area (Å²) >= 11 is 0. The van der Waals surface area contributed by atoms with Gasteiger partial charge < -0.3 is 10.2 Å². The molecule has 3 rings (SSSR count). The molecule has 0 aliphatic rings. The Morgan fingerprint density at radius 2 is 1.41 bits per heavy atom. The van der Waals surface area contributed by atoms with Gasteiger partial charge in [0, 0.05) is 33.6 Å². The van der Waals surface area contributed by atoms with Gasteiger partial charge in [-0.3, -0.25) is 9.59 Å². The van der Waals surface area contributed by atoms with Crippen LogP contribution in [0.5, 0.6) is 0 Å². The van der Waals surface area contributed by atoms with E-state index in [2.05, 4.69) is 5.32 Å². The van der Waals surface area contributed by atoms with Crippen LogP contribution in [0.15, 0.2) is 78.9 Å². The molecule has 1 atom stereocenters. The minimum absolute atomic E-state index is 0.0764. The maximum atomic E-state index is 13.9. The van der Waals surface area contributed by atoms with E-state index in [0.717, 1.165) is 26.3 Å². The molecule has 0 saturated heterocycles. The fourth-order valence-electron chi connectivity index (χ4n) is 3.96. The summed E-state index contributed by atoms with van der Waals surface area (Å²) in [7, 11) is -1.54. The molecule has 11 heteroatoms. The van der Waals surface area contributed by atoms with Crippen LogP contribution in [0.25, 0.3) is 0 Å². The second-order valence-corrected chi connectivity index (χ2v) is 11.1. The predicted molar refractivity (Wildman–Crippen MR) is 146 cm³/mol. The maximum Gasteiger partial charge on any atom is 0.304 e. The van der Waals surface area contributed by atoms with Crippen LogP contribution in [0.4, 0.5) is 14.5 Å². The first-order valence-corrected chi connectivity index (χ1v) is 13.7. The lowest BCUT2D eigenvalue weighted by atomic mass is 10.0. The SMILES string of the molecule is CCNC(=O)[C@@H](Cc1ccccc1)N(Cc1ccc(F)cc1)C(=O)CN(c1ccc(F)cc1)S(=O)(=O)N(C)C. The normalized spacial score (nSPS) is 12.2. The number of likely N-dealkylation sites (N-methyl/N-ethyl adjacent to an activating group) is 1. The Balaban J connectivity index is 2.06. The monoisotopic (exact) mass is 558 g/mol. The van der Waals surface area contributed by atoms with Gasteiger partial charge in [0.05, 0.1) is 5.69 Å². The average molecular weight is 559 g/mol. The van der Waals surface area contributed by atoms with Crippen molar-refractivity contribution in [3.8, 4) is 0 Å². The van der Waals surface area contributed by atoms with Gasteiger partial charge in [0.15, 0.2) is 0 Å². The molecule has 0 heterocycles. The highest BCUT2D eigenvalue weighted by Gasteiger charge is 2.34. The molecule has 0 saturated carbocycles. The van der Waals surface area contributed by atoms with Gasteiger partial charge in [-0.15, -0.1) is 0 Å². The third kappa shape index (κ3) is 7.84. The molecule has 3 aromatic rings. The summed E-state index contributed by atoms with van der Waals surface area (Å²) in [4.78, 5) is 28.5. The summed E-state index contributed by atoms with van der Waals surface area (Å²) in [6.07, 6.45) is 0.163. The smallest absolute Gasteiger partial charge is 0.304 e. The number of nitrogens with zero attached hydrogens (tertiary/aromatic N) is 3. The van der Waals surface area contributed by atoms with Crippen molar-refractivity contribution in [3.05, 3.63) is 102 Å². The Bertz CT molecular complexity index is 1350.